The lowest BCUT2D eigenvalue weighted by atomic mass is 10.0. The third-order valence-corrected chi connectivity index (χ3v) is 4.80. The topological polar surface area (TPSA) is 60.2 Å². The molecule has 0 amide bonds. The molecule has 0 bridgehead atoms. The number of nitro groups is 1. The van der Waals surface area contributed by atoms with Crippen LogP contribution in [-0.4, -0.2) is 16.1 Å². The maximum Gasteiger partial charge on any atom is 0.269 e. The Morgan fingerprint density at radius 2 is 1.67 bits per heavy atom. The Bertz CT molecular complexity index is 646. The highest BCUT2D eigenvalue weighted by molar-refractivity contribution is 9.09. The highest BCUT2D eigenvalue weighted by Crippen LogP contribution is 2.33. The van der Waals surface area contributed by atoms with E-state index in [-0.39, 0.29) is 11.5 Å². The Balaban J connectivity index is 2.17. The fourth-order valence-electron chi connectivity index (χ4n) is 1.84. The van der Waals surface area contributed by atoms with Crippen molar-refractivity contribution >= 4 is 39.0 Å². The number of ketones is 1. The Labute approximate surface area is 135 Å². The van der Waals surface area contributed by atoms with E-state index in [4.69, 9.17) is 11.6 Å². The van der Waals surface area contributed by atoms with Crippen LogP contribution in [0.15, 0.2) is 54.6 Å². The number of halogens is 2. The zero-order valence-electron chi connectivity index (χ0n) is 10.8. The van der Waals surface area contributed by atoms with Gasteiger partial charge in [-0.25, -0.2) is 0 Å². The molecule has 21 heavy (non-hydrogen) atoms. The van der Waals surface area contributed by atoms with E-state index in [1.807, 2.05) is 6.07 Å². The summed E-state index contributed by atoms with van der Waals surface area (Å²) < 4.78 is 0. The Hall–Kier alpha value is -1.72. The largest absolute Gasteiger partial charge is 0.292 e. The van der Waals surface area contributed by atoms with E-state index in [0.29, 0.717) is 11.1 Å². The molecule has 0 aromatic heterocycles. The molecule has 0 spiro atoms. The molecule has 0 unspecified atom stereocenters. The number of hydrogen-bond acceptors (Lipinski definition) is 3. The third kappa shape index (κ3) is 3.68. The van der Waals surface area contributed by atoms with Crippen LogP contribution >= 0.6 is 27.5 Å². The minimum atomic E-state index is -0.797. The quantitative estimate of drug-likeness (QED) is 0.337. The van der Waals surface area contributed by atoms with Gasteiger partial charge in [0.05, 0.1) is 9.75 Å². The van der Waals surface area contributed by atoms with Crippen molar-refractivity contribution in [3.8, 4) is 0 Å². The van der Waals surface area contributed by atoms with Gasteiger partial charge in [-0.1, -0.05) is 58.4 Å². The number of carbonyl (C=O) groups is 1. The Morgan fingerprint density at radius 1 is 1.10 bits per heavy atom. The van der Waals surface area contributed by atoms with Crippen LogP contribution in [-0.2, 0) is 0 Å². The highest BCUT2D eigenvalue weighted by atomic mass is 79.9. The van der Waals surface area contributed by atoms with Crippen LogP contribution in [0, 0.1) is 10.1 Å². The second-order valence-electron chi connectivity index (χ2n) is 4.38. The minimum absolute atomic E-state index is 0.000964. The fourth-order valence-corrected chi connectivity index (χ4v) is 2.66. The van der Waals surface area contributed by atoms with Gasteiger partial charge < -0.3 is 0 Å². The summed E-state index contributed by atoms with van der Waals surface area (Å²) in [5.41, 5.74) is 1.24. The number of hydrogen-bond donors (Lipinski definition) is 0. The van der Waals surface area contributed by atoms with Crippen LogP contribution < -0.4 is 0 Å². The first-order valence-corrected chi connectivity index (χ1v) is 7.47. The fraction of sp³-hybridized carbons (Fsp3) is 0.133. The van der Waals surface area contributed by atoms with Crippen LogP contribution in [0.3, 0.4) is 0 Å². The lowest BCUT2D eigenvalue weighted by Crippen LogP contribution is -2.19. The van der Waals surface area contributed by atoms with E-state index in [9.17, 15) is 14.9 Å². The lowest BCUT2D eigenvalue weighted by Gasteiger charge is -2.15. The van der Waals surface area contributed by atoms with Crippen molar-refractivity contribution in [2.24, 2.45) is 0 Å². The van der Waals surface area contributed by atoms with Crippen molar-refractivity contribution in [3.05, 3.63) is 75.8 Å². The van der Waals surface area contributed by atoms with Crippen LogP contribution in [0.1, 0.15) is 20.7 Å². The molecule has 0 fully saturated rings. The van der Waals surface area contributed by atoms with Gasteiger partial charge in [-0.3, -0.25) is 14.9 Å². The Morgan fingerprint density at radius 3 is 2.19 bits per heavy atom. The first kappa shape index (κ1) is 15.7. The van der Waals surface area contributed by atoms with Crippen LogP contribution in [0.4, 0.5) is 5.69 Å². The van der Waals surface area contributed by atoms with Crippen LogP contribution in [0.5, 0.6) is 0 Å². The molecule has 2 atom stereocenters. The van der Waals surface area contributed by atoms with Crippen molar-refractivity contribution < 1.29 is 9.72 Å². The molecule has 0 aliphatic rings. The number of Topliss-reactive ketones (excluding diaryl/α,β-unsaturated/α-hetero) is 1. The van der Waals surface area contributed by atoms with Gasteiger partial charge in [-0.05, 0) is 5.56 Å². The zero-order chi connectivity index (χ0) is 15.4. The second-order valence-corrected chi connectivity index (χ2v) is 5.84. The zero-order valence-corrected chi connectivity index (χ0v) is 13.1. The average Bonchev–Trinajstić information content (AvgIpc) is 2.53. The number of non-ortho nitro benzene ring substituents is 1. The SMILES string of the molecule is O=C(c1ccccc1)[C@H](Cl)[C@H](Br)c1ccc([N+](=O)[O-])cc1. The highest BCUT2D eigenvalue weighted by Gasteiger charge is 2.26. The van der Waals surface area contributed by atoms with E-state index < -0.39 is 15.1 Å². The maximum absolute atomic E-state index is 12.3. The van der Waals surface area contributed by atoms with E-state index >= 15 is 0 Å². The molecule has 6 heteroatoms. The Kier molecular flexibility index (Phi) is 5.09. The number of nitro benzene ring substituents is 1. The maximum atomic E-state index is 12.3. The van der Waals surface area contributed by atoms with Gasteiger partial charge in [0.25, 0.3) is 5.69 Å². The van der Waals surface area contributed by atoms with Gasteiger partial charge in [0.1, 0.15) is 5.38 Å². The molecule has 0 aliphatic carbocycles. The van der Waals surface area contributed by atoms with Crippen molar-refractivity contribution in [1.29, 1.82) is 0 Å². The number of rotatable bonds is 5. The lowest BCUT2D eigenvalue weighted by molar-refractivity contribution is -0.384. The average molecular weight is 369 g/mol. The molecular formula is C15H11BrClNO3. The van der Waals surface area contributed by atoms with Gasteiger partial charge in [0, 0.05) is 17.7 Å². The number of benzene rings is 2. The van der Waals surface area contributed by atoms with Crippen molar-refractivity contribution in [2.45, 2.75) is 10.2 Å². The number of carbonyl (C=O) groups excluding carboxylic acids is 1. The summed E-state index contributed by atoms with van der Waals surface area (Å²) in [7, 11) is 0. The first-order chi connectivity index (χ1) is 10.0. The number of nitrogens with zero attached hydrogens (tertiary/aromatic N) is 1. The minimum Gasteiger partial charge on any atom is -0.292 e. The first-order valence-electron chi connectivity index (χ1n) is 6.12. The van der Waals surface area contributed by atoms with Gasteiger partial charge in [0.15, 0.2) is 5.78 Å². The van der Waals surface area contributed by atoms with Gasteiger partial charge >= 0.3 is 0 Å². The molecule has 2 aromatic rings. The summed E-state index contributed by atoms with van der Waals surface area (Å²) in [5, 5.41) is 9.83. The van der Waals surface area contributed by atoms with Crippen molar-refractivity contribution in [3.63, 3.8) is 0 Å². The summed E-state index contributed by atoms with van der Waals surface area (Å²) in [6, 6.07) is 14.7. The summed E-state index contributed by atoms with van der Waals surface area (Å²) in [6.07, 6.45) is 0. The normalized spacial score (nSPS) is 13.4. The van der Waals surface area contributed by atoms with Gasteiger partial charge in [0.2, 0.25) is 0 Å². The van der Waals surface area contributed by atoms with Crippen LogP contribution in [0.2, 0.25) is 0 Å². The molecule has 0 radical (unpaired) electrons. The summed E-state index contributed by atoms with van der Waals surface area (Å²) in [4.78, 5) is 22.0. The summed E-state index contributed by atoms with van der Waals surface area (Å²) in [6.45, 7) is 0. The van der Waals surface area contributed by atoms with Crippen molar-refractivity contribution in [1.82, 2.24) is 0 Å². The van der Waals surface area contributed by atoms with E-state index in [0.717, 1.165) is 0 Å². The smallest absolute Gasteiger partial charge is 0.269 e. The number of alkyl halides is 2. The predicted molar refractivity (Wildman–Crippen MR) is 85.2 cm³/mol. The van der Waals surface area contributed by atoms with Gasteiger partial charge in [-0.15, -0.1) is 11.6 Å². The van der Waals surface area contributed by atoms with Gasteiger partial charge in [-0.2, -0.15) is 0 Å². The molecule has 0 aliphatic heterocycles. The molecule has 0 saturated carbocycles. The molecule has 0 N–H and O–H groups in total. The monoisotopic (exact) mass is 367 g/mol. The molecular weight excluding hydrogens is 358 g/mol. The molecule has 2 aromatic carbocycles. The predicted octanol–water partition coefficient (Wildman–Crippen LogP) is 4.52. The molecule has 2 rings (SSSR count). The second kappa shape index (κ2) is 6.83. The van der Waals surface area contributed by atoms with Crippen molar-refractivity contribution in [2.75, 3.05) is 0 Å². The standard InChI is InChI=1S/C15H11BrClNO3/c16-13(10-6-8-12(9-7-10)18(20)21)14(17)15(19)11-4-2-1-3-5-11/h1-9,13-14H/t13-,14-/m1/s1. The molecule has 0 heterocycles. The summed E-state index contributed by atoms with van der Waals surface area (Å²) >= 11 is 9.61. The molecule has 4 nitrogen and oxygen atoms in total. The van der Waals surface area contributed by atoms with E-state index in [2.05, 4.69) is 15.9 Å². The molecule has 108 valence electrons. The van der Waals surface area contributed by atoms with E-state index in [1.165, 1.54) is 12.1 Å². The van der Waals surface area contributed by atoms with Crippen LogP contribution in [0.25, 0.3) is 0 Å². The van der Waals surface area contributed by atoms with E-state index in [1.54, 1.807) is 36.4 Å². The third-order valence-electron chi connectivity index (χ3n) is 2.99. The summed E-state index contributed by atoms with van der Waals surface area (Å²) in [5.74, 6) is -0.197. The molecule has 0 saturated heterocycles.